The maximum atomic E-state index is 13.4. The molecule has 0 aromatic heterocycles. The molecule has 0 atom stereocenters. The normalized spacial score (nSPS) is 13.7. The van der Waals surface area contributed by atoms with E-state index in [9.17, 15) is 9.59 Å². The van der Waals surface area contributed by atoms with Crippen LogP contribution < -0.4 is 9.64 Å². The van der Waals surface area contributed by atoms with Gasteiger partial charge in [0.25, 0.3) is 5.91 Å². The lowest BCUT2D eigenvalue weighted by atomic mass is 10.1. The number of benzene rings is 2. The van der Waals surface area contributed by atoms with Gasteiger partial charge in [-0.2, -0.15) is 0 Å². The molecule has 2 aromatic carbocycles. The van der Waals surface area contributed by atoms with Crippen LogP contribution in [0.25, 0.3) is 0 Å². The SMILES string of the molecule is COCCOc1cccc(C(=O)N(CC(=O)N2CCCCC2)c2ccc(C)cc2)c1. The lowest BCUT2D eigenvalue weighted by molar-refractivity contribution is -0.130. The molecule has 1 saturated heterocycles. The van der Waals surface area contributed by atoms with Crippen molar-refractivity contribution in [3.05, 3.63) is 59.7 Å². The Bertz CT molecular complexity index is 845. The molecular formula is C24H30N2O4. The van der Waals surface area contributed by atoms with E-state index in [1.165, 1.54) is 0 Å². The average Bonchev–Trinajstić information content (AvgIpc) is 2.78. The molecule has 1 aliphatic rings. The summed E-state index contributed by atoms with van der Waals surface area (Å²) in [5.41, 5.74) is 2.29. The predicted octanol–water partition coefficient (Wildman–Crippen LogP) is 3.68. The predicted molar refractivity (Wildman–Crippen MR) is 117 cm³/mol. The molecule has 0 aliphatic carbocycles. The molecule has 0 unspecified atom stereocenters. The molecule has 2 amide bonds. The largest absolute Gasteiger partial charge is 0.491 e. The van der Waals surface area contributed by atoms with Gasteiger partial charge in [0.2, 0.25) is 5.91 Å². The van der Waals surface area contributed by atoms with E-state index < -0.39 is 0 Å². The smallest absolute Gasteiger partial charge is 0.258 e. The van der Waals surface area contributed by atoms with Crippen LogP contribution in [0.2, 0.25) is 0 Å². The summed E-state index contributed by atoms with van der Waals surface area (Å²) in [6.07, 6.45) is 3.19. The standard InChI is InChI=1S/C24H30N2O4/c1-19-9-11-21(12-10-19)26(18-23(27)25-13-4-3-5-14-25)24(28)20-7-6-8-22(17-20)30-16-15-29-2/h6-12,17H,3-5,13-16,18H2,1-2H3. The molecule has 0 N–H and O–H groups in total. The minimum absolute atomic E-state index is 0.0175. The van der Waals surface area contributed by atoms with Gasteiger partial charge in [-0.15, -0.1) is 0 Å². The highest BCUT2D eigenvalue weighted by atomic mass is 16.5. The van der Waals surface area contributed by atoms with Crippen LogP contribution in [0.3, 0.4) is 0 Å². The molecule has 6 nitrogen and oxygen atoms in total. The van der Waals surface area contributed by atoms with E-state index in [4.69, 9.17) is 9.47 Å². The highest BCUT2D eigenvalue weighted by molar-refractivity contribution is 6.08. The monoisotopic (exact) mass is 410 g/mol. The second-order valence-corrected chi connectivity index (χ2v) is 7.54. The Morgan fingerprint density at radius 1 is 1.00 bits per heavy atom. The first-order valence-electron chi connectivity index (χ1n) is 10.5. The Hall–Kier alpha value is -2.86. The summed E-state index contributed by atoms with van der Waals surface area (Å²) in [5, 5.41) is 0. The third-order valence-corrected chi connectivity index (χ3v) is 5.23. The summed E-state index contributed by atoms with van der Waals surface area (Å²) in [7, 11) is 1.61. The van der Waals surface area contributed by atoms with E-state index in [1.54, 1.807) is 30.2 Å². The topological polar surface area (TPSA) is 59.1 Å². The van der Waals surface area contributed by atoms with Gasteiger partial charge in [-0.25, -0.2) is 0 Å². The van der Waals surface area contributed by atoms with E-state index in [0.717, 1.165) is 37.9 Å². The van der Waals surface area contributed by atoms with Crippen molar-refractivity contribution < 1.29 is 19.1 Å². The van der Waals surface area contributed by atoms with Crippen LogP contribution in [0.5, 0.6) is 5.75 Å². The Kier molecular flexibility index (Phi) is 7.85. The molecule has 1 fully saturated rings. The zero-order chi connectivity index (χ0) is 21.3. The van der Waals surface area contributed by atoms with Crippen LogP contribution in [0, 0.1) is 6.92 Å². The first-order valence-corrected chi connectivity index (χ1v) is 10.5. The minimum Gasteiger partial charge on any atom is -0.491 e. The average molecular weight is 411 g/mol. The van der Waals surface area contributed by atoms with Gasteiger partial charge >= 0.3 is 0 Å². The van der Waals surface area contributed by atoms with Crippen molar-refractivity contribution >= 4 is 17.5 Å². The maximum Gasteiger partial charge on any atom is 0.258 e. The Morgan fingerprint density at radius 3 is 2.43 bits per heavy atom. The van der Waals surface area contributed by atoms with Crippen LogP contribution in [0.4, 0.5) is 5.69 Å². The van der Waals surface area contributed by atoms with Crippen LogP contribution >= 0.6 is 0 Å². The fraction of sp³-hybridized carbons (Fsp3) is 0.417. The molecule has 0 radical (unpaired) electrons. The third-order valence-electron chi connectivity index (χ3n) is 5.23. The molecule has 6 heteroatoms. The highest BCUT2D eigenvalue weighted by Crippen LogP contribution is 2.21. The van der Waals surface area contributed by atoms with Gasteiger partial charge in [0.05, 0.1) is 6.61 Å². The zero-order valence-electron chi connectivity index (χ0n) is 17.8. The zero-order valence-corrected chi connectivity index (χ0v) is 17.8. The quantitative estimate of drug-likeness (QED) is 0.623. The number of likely N-dealkylation sites (tertiary alicyclic amines) is 1. The number of amides is 2. The van der Waals surface area contributed by atoms with Crippen molar-refractivity contribution in [2.24, 2.45) is 0 Å². The molecular weight excluding hydrogens is 380 g/mol. The number of methoxy groups -OCH3 is 1. The number of anilines is 1. The van der Waals surface area contributed by atoms with E-state index >= 15 is 0 Å². The minimum atomic E-state index is -0.221. The van der Waals surface area contributed by atoms with Crippen molar-refractivity contribution in [3.63, 3.8) is 0 Å². The molecule has 30 heavy (non-hydrogen) atoms. The maximum absolute atomic E-state index is 13.4. The van der Waals surface area contributed by atoms with Gasteiger partial charge in [-0.3, -0.25) is 14.5 Å². The molecule has 1 aliphatic heterocycles. The molecule has 160 valence electrons. The lowest BCUT2D eigenvalue weighted by Crippen LogP contribution is -2.45. The number of ether oxygens (including phenoxy) is 2. The van der Waals surface area contributed by atoms with E-state index in [-0.39, 0.29) is 18.4 Å². The van der Waals surface area contributed by atoms with Crippen LogP contribution in [-0.4, -0.2) is 56.7 Å². The number of nitrogens with zero attached hydrogens (tertiary/aromatic N) is 2. The third kappa shape index (κ3) is 5.83. The number of hydrogen-bond acceptors (Lipinski definition) is 4. The molecule has 1 heterocycles. The van der Waals surface area contributed by atoms with Crippen LogP contribution in [0.1, 0.15) is 35.2 Å². The van der Waals surface area contributed by atoms with Gasteiger partial charge in [-0.1, -0.05) is 23.8 Å². The van der Waals surface area contributed by atoms with Crippen LogP contribution in [0.15, 0.2) is 48.5 Å². The fourth-order valence-electron chi connectivity index (χ4n) is 3.50. The van der Waals surface area contributed by atoms with Crippen molar-refractivity contribution in [1.29, 1.82) is 0 Å². The summed E-state index contributed by atoms with van der Waals surface area (Å²) in [6.45, 7) is 4.42. The molecule has 0 saturated carbocycles. The Morgan fingerprint density at radius 2 is 1.73 bits per heavy atom. The van der Waals surface area contributed by atoms with Gasteiger partial charge in [0.15, 0.2) is 0 Å². The van der Waals surface area contributed by atoms with Crippen molar-refractivity contribution in [2.75, 3.05) is 44.9 Å². The molecule has 3 rings (SSSR count). The number of carbonyl (C=O) groups excluding carboxylic acids is 2. The fourth-order valence-corrected chi connectivity index (χ4v) is 3.50. The van der Waals surface area contributed by atoms with Crippen molar-refractivity contribution in [2.45, 2.75) is 26.2 Å². The van der Waals surface area contributed by atoms with Crippen molar-refractivity contribution in [3.8, 4) is 5.75 Å². The number of hydrogen-bond donors (Lipinski definition) is 0. The summed E-state index contributed by atoms with van der Waals surface area (Å²) in [5.74, 6) is 0.363. The van der Waals surface area contributed by atoms with E-state index in [1.807, 2.05) is 42.2 Å². The van der Waals surface area contributed by atoms with Crippen LogP contribution in [-0.2, 0) is 9.53 Å². The molecule has 2 aromatic rings. The Balaban J connectivity index is 1.82. The number of rotatable bonds is 8. The first-order chi connectivity index (χ1) is 14.6. The van der Waals surface area contributed by atoms with E-state index in [0.29, 0.717) is 30.2 Å². The number of carbonyl (C=O) groups is 2. The summed E-state index contributed by atoms with van der Waals surface area (Å²) in [4.78, 5) is 29.7. The summed E-state index contributed by atoms with van der Waals surface area (Å²) in [6, 6.07) is 14.7. The van der Waals surface area contributed by atoms with Gasteiger partial charge in [0, 0.05) is 31.5 Å². The Labute approximate surface area is 178 Å². The van der Waals surface area contributed by atoms with E-state index in [2.05, 4.69) is 0 Å². The lowest BCUT2D eigenvalue weighted by Gasteiger charge is -2.30. The van der Waals surface area contributed by atoms with Crippen molar-refractivity contribution in [1.82, 2.24) is 4.90 Å². The van der Waals surface area contributed by atoms with Gasteiger partial charge < -0.3 is 14.4 Å². The second-order valence-electron chi connectivity index (χ2n) is 7.54. The summed E-state index contributed by atoms with van der Waals surface area (Å²) < 4.78 is 10.6. The molecule has 0 spiro atoms. The number of aryl methyl sites for hydroxylation is 1. The first kappa shape index (κ1) is 21.8. The van der Waals surface area contributed by atoms with Gasteiger partial charge in [-0.05, 0) is 56.5 Å². The summed E-state index contributed by atoms with van der Waals surface area (Å²) >= 11 is 0. The van der Waals surface area contributed by atoms with Gasteiger partial charge in [0.1, 0.15) is 18.9 Å². The second kappa shape index (κ2) is 10.8. The molecule has 0 bridgehead atoms. The number of piperidine rings is 1. The highest BCUT2D eigenvalue weighted by Gasteiger charge is 2.25.